The highest BCUT2D eigenvalue weighted by Crippen LogP contribution is 2.27. The molecule has 1 aromatic carbocycles. The molecule has 0 atom stereocenters. The molecule has 0 unspecified atom stereocenters. The molecule has 0 aliphatic heterocycles. The fourth-order valence-corrected chi connectivity index (χ4v) is 2.50. The SMILES string of the molecule is NCc1nnc(SCc2ccc(Cl)cc2Cl)o1. The number of halogens is 2. The summed E-state index contributed by atoms with van der Waals surface area (Å²) >= 11 is 13.3. The van der Waals surface area contributed by atoms with E-state index in [-0.39, 0.29) is 6.54 Å². The molecule has 2 rings (SSSR count). The van der Waals surface area contributed by atoms with Crippen LogP contribution in [-0.4, -0.2) is 10.2 Å². The van der Waals surface area contributed by atoms with Crippen LogP contribution in [0.2, 0.25) is 10.0 Å². The standard InChI is InChI=1S/C10H9Cl2N3OS/c11-7-2-1-6(8(12)3-7)5-17-10-15-14-9(4-13)16-10/h1-3H,4-5,13H2. The number of aromatic nitrogens is 2. The molecule has 0 bridgehead atoms. The second kappa shape index (κ2) is 5.73. The lowest BCUT2D eigenvalue weighted by molar-refractivity contribution is 0.415. The minimum absolute atomic E-state index is 0.245. The fourth-order valence-electron chi connectivity index (χ4n) is 1.16. The van der Waals surface area contributed by atoms with E-state index in [4.69, 9.17) is 33.4 Å². The van der Waals surface area contributed by atoms with Gasteiger partial charge in [0.1, 0.15) is 0 Å². The predicted octanol–water partition coefficient (Wildman–Crippen LogP) is 3.13. The van der Waals surface area contributed by atoms with Crippen molar-refractivity contribution < 1.29 is 4.42 Å². The molecule has 2 aromatic rings. The first-order chi connectivity index (χ1) is 8.19. The Morgan fingerprint density at radius 2 is 2.12 bits per heavy atom. The summed E-state index contributed by atoms with van der Waals surface area (Å²) < 4.78 is 5.26. The quantitative estimate of drug-likeness (QED) is 0.876. The molecule has 0 fully saturated rings. The van der Waals surface area contributed by atoms with E-state index in [0.717, 1.165) is 5.56 Å². The highest BCUT2D eigenvalue weighted by Gasteiger charge is 2.07. The van der Waals surface area contributed by atoms with Gasteiger partial charge in [0.2, 0.25) is 5.89 Å². The zero-order valence-corrected chi connectivity index (χ0v) is 11.0. The van der Waals surface area contributed by atoms with E-state index in [9.17, 15) is 0 Å². The van der Waals surface area contributed by atoms with Gasteiger partial charge in [-0.2, -0.15) is 0 Å². The molecular weight excluding hydrogens is 281 g/mol. The number of nitrogens with zero attached hydrogens (tertiary/aromatic N) is 2. The van der Waals surface area contributed by atoms with Gasteiger partial charge in [-0.15, -0.1) is 10.2 Å². The Kier molecular flexibility index (Phi) is 4.28. The minimum atomic E-state index is 0.245. The second-order valence-electron chi connectivity index (χ2n) is 3.19. The van der Waals surface area contributed by atoms with Crippen LogP contribution in [-0.2, 0) is 12.3 Å². The number of hydrogen-bond acceptors (Lipinski definition) is 5. The molecular formula is C10H9Cl2N3OS. The second-order valence-corrected chi connectivity index (χ2v) is 4.96. The van der Waals surface area contributed by atoms with Crippen LogP contribution in [0.3, 0.4) is 0 Å². The number of benzene rings is 1. The number of hydrogen-bond donors (Lipinski definition) is 1. The van der Waals surface area contributed by atoms with Gasteiger partial charge in [-0.3, -0.25) is 0 Å². The summed E-state index contributed by atoms with van der Waals surface area (Å²) in [5, 5.41) is 9.34. The summed E-state index contributed by atoms with van der Waals surface area (Å²) in [7, 11) is 0. The maximum atomic E-state index is 6.04. The van der Waals surface area contributed by atoms with Crippen LogP contribution in [0, 0.1) is 0 Å². The Bertz CT molecular complexity index is 518. The summed E-state index contributed by atoms with van der Waals surface area (Å²) in [5.74, 6) is 1.07. The Morgan fingerprint density at radius 3 is 2.76 bits per heavy atom. The third-order valence-corrected chi connectivity index (χ3v) is 3.44. The zero-order chi connectivity index (χ0) is 12.3. The zero-order valence-electron chi connectivity index (χ0n) is 8.69. The Labute approximate surface area is 112 Å². The summed E-state index contributed by atoms with van der Waals surface area (Å²) in [6, 6.07) is 5.37. The highest BCUT2D eigenvalue weighted by atomic mass is 35.5. The molecule has 0 saturated carbocycles. The van der Waals surface area contributed by atoms with Crippen molar-refractivity contribution in [2.45, 2.75) is 17.5 Å². The Morgan fingerprint density at radius 1 is 1.29 bits per heavy atom. The lowest BCUT2D eigenvalue weighted by Gasteiger charge is -2.01. The molecule has 1 heterocycles. The lowest BCUT2D eigenvalue weighted by atomic mass is 10.2. The van der Waals surface area contributed by atoms with Crippen LogP contribution in [0.5, 0.6) is 0 Å². The third kappa shape index (κ3) is 3.35. The molecule has 2 N–H and O–H groups in total. The molecule has 0 radical (unpaired) electrons. The maximum absolute atomic E-state index is 6.04. The van der Waals surface area contributed by atoms with Gasteiger partial charge in [0.15, 0.2) is 0 Å². The van der Waals surface area contributed by atoms with Gasteiger partial charge < -0.3 is 10.2 Å². The normalized spacial score (nSPS) is 10.8. The first-order valence-electron chi connectivity index (χ1n) is 4.78. The topological polar surface area (TPSA) is 64.9 Å². The van der Waals surface area contributed by atoms with Crippen molar-refractivity contribution >= 4 is 35.0 Å². The minimum Gasteiger partial charge on any atom is -0.415 e. The number of nitrogens with two attached hydrogens (primary N) is 1. The first-order valence-corrected chi connectivity index (χ1v) is 6.52. The molecule has 0 spiro atoms. The van der Waals surface area contributed by atoms with E-state index in [1.54, 1.807) is 12.1 Å². The van der Waals surface area contributed by atoms with Gasteiger partial charge in [-0.1, -0.05) is 41.0 Å². The van der Waals surface area contributed by atoms with Crippen LogP contribution < -0.4 is 5.73 Å². The maximum Gasteiger partial charge on any atom is 0.276 e. The smallest absolute Gasteiger partial charge is 0.276 e. The highest BCUT2D eigenvalue weighted by molar-refractivity contribution is 7.98. The van der Waals surface area contributed by atoms with Gasteiger partial charge in [0.25, 0.3) is 5.22 Å². The van der Waals surface area contributed by atoms with Crippen molar-refractivity contribution in [3.05, 3.63) is 39.7 Å². The van der Waals surface area contributed by atoms with Crippen molar-refractivity contribution in [3.63, 3.8) is 0 Å². The van der Waals surface area contributed by atoms with Crippen LogP contribution in [0.25, 0.3) is 0 Å². The largest absolute Gasteiger partial charge is 0.415 e. The molecule has 90 valence electrons. The van der Waals surface area contributed by atoms with E-state index >= 15 is 0 Å². The molecule has 1 aromatic heterocycles. The first kappa shape index (κ1) is 12.7. The van der Waals surface area contributed by atoms with Crippen LogP contribution in [0.4, 0.5) is 0 Å². The summed E-state index contributed by atoms with van der Waals surface area (Å²) in [6.07, 6.45) is 0. The van der Waals surface area contributed by atoms with Crippen molar-refractivity contribution in [2.24, 2.45) is 5.73 Å². The average molecular weight is 290 g/mol. The van der Waals surface area contributed by atoms with E-state index < -0.39 is 0 Å². The molecule has 4 nitrogen and oxygen atoms in total. The van der Waals surface area contributed by atoms with E-state index in [0.29, 0.717) is 26.9 Å². The van der Waals surface area contributed by atoms with Gasteiger partial charge in [-0.25, -0.2) is 0 Å². The molecule has 17 heavy (non-hydrogen) atoms. The van der Waals surface area contributed by atoms with E-state index in [1.165, 1.54) is 11.8 Å². The van der Waals surface area contributed by atoms with Gasteiger partial charge in [-0.05, 0) is 17.7 Å². The summed E-state index contributed by atoms with van der Waals surface area (Å²) in [5.41, 5.74) is 6.34. The van der Waals surface area contributed by atoms with E-state index in [1.807, 2.05) is 6.07 Å². The number of thioether (sulfide) groups is 1. The molecule has 0 amide bonds. The van der Waals surface area contributed by atoms with Crippen molar-refractivity contribution in [2.75, 3.05) is 0 Å². The van der Waals surface area contributed by atoms with Crippen molar-refractivity contribution in [1.29, 1.82) is 0 Å². The van der Waals surface area contributed by atoms with Crippen LogP contribution in [0.15, 0.2) is 27.8 Å². The summed E-state index contributed by atoms with van der Waals surface area (Å²) in [6.45, 7) is 0.245. The fraction of sp³-hybridized carbons (Fsp3) is 0.200. The summed E-state index contributed by atoms with van der Waals surface area (Å²) in [4.78, 5) is 0. The molecule has 0 aliphatic carbocycles. The predicted molar refractivity (Wildman–Crippen MR) is 68.2 cm³/mol. The van der Waals surface area contributed by atoms with E-state index in [2.05, 4.69) is 10.2 Å². The van der Waals surface area contributed by atoms with Crippen molar-refractivity contribution in [1.82, 2.24) is 10.2 Å². The van der Waals surface area contributed by atoms with Crippen LogP contribution >= 0.6 is 35.0 Å². The number of rotatable bonds is 4. The van der Waals surface area contributed by atoms with Gasteiger partial charge in [0.05, 0.1) is 6.54 Å². The van der Waals surface area contributed by atoms with Gasteiger partial charge >= 0.3 is 0 Å². The Balaban J connectivity index is 2.02. The van der Waals surface area contributed by atoms with Crippen LogP contribution in [0.1, 0.15) is 11.5 Å². The molecule has 0 aliphatic rings. The lowest BCUT2D eigenvalue weighted by Crippen LogP contribution is -1.95. The Hall–Kier alpha value is -0.750. The van der Waals surface area contributed by atoms with Gasteiger partial charge in [0, 0.05) is 15.8 Å². The monoisotopic (exact) mass is 289 g/mol. The molecule has 0 saturated heterocycles. The third-order valence-electron chi connectivity index (χ3n) is 1.99. The van der Waals surface area contributed by atoms with Crippen molar-refractivity contribution in [3.8, 4) is 0 Å². The molecule has 7 heteroatoms. The average Bonchev–Trinajstić information content (AvgIpc) is 2.76.